The molecule has 1 aliphatic rings. The Balaban J connectivity index is 1.87. The Morgan fingerprint density at radius 2 is 2.00 bits per heavy atom. The van der Waals surface area contributed by atoms with Crippen molar-refractivity contribution in [3.8, 4) is 0 Å². The van der Waals surface area contributed by atoms with Crippen molar-refractivity contribution in [3.63, 3.8) is 0 Å². The summed E-state index contributed by atoms with van der Waals surface area (Å²) in [6.07, 6.45) is 2.56. The average molecular weight is 239 g/mol. The SMILES string of the molecule is CC1CC(=O)c2cc(Cc3ccccc3)[nH]c2C1. The summed E-state index contributed by atoms with van der Waals surface area (Å²) in [6.45, 7) is 2.14. The number of H-pyrrole nitrogens is 1. The van der Waals surface area contributed by atoms with E-state index in [1.54, 1.807) is 0 Å². The second-order valence-electron chi connectivity index (χ2n) is 5.29. The molecule has 0 amide bonds. The van der Waals surface area contributed by atoms with Gasteiger partial charge in [-0.15, -0.1) is 0 Å². The Labute approximate surface area is 107 Å². The summed E-state index contributed by atoms with van der Waals surface area (Å²) in [5.41, 5.74) is 4.47. The summed E-state index contributed by atoms with van der Waals surface area (Å²) in [4.78, 5) is 15.4. The van der Waals surface area contributed by atoms with Crippen LogP contribution in [0.4, 0.5) is 0 Å². The van der Waals surface area contributed by atoms with Crippen LogP contribution in [0.2, 0.25) is 0 Å². The van der Waals surface area contributed by atoms with E-state index in [1.165, 1.54) is 5.56 Å². The third kappa shape index (κ3) is 2.10. The fourth-order valence-electron chi connectivity index (χ4n) is 2.73. The van der Waals surface area contributed by atoms with Gasteiger partial charge in [-0.2, -0.15) is 0 Å². The number of aromatic amines is 1. The van der Waals surface area contributed by atoms with E-state index in [0.717, 1.165) is 29.8 Å². The minimum atomic E-state index is 0.291. The molecule has 0 fully saturated rings. The maximum Gasteiger partial charge on any atom is 0.164 e. The molecule has 0 saturated heterocycles. The summed E-state index contributed by atoms with van der Waals surface area (Å²) >= 11 is 0. The van der Waals surface area contributed by atoms with Crippen molar-refractivity contribution in [2.24, 2.45) is 5.92 Å². The predicted molar refractivity (Wildman–Crippen MR) is 71.9 cm³/mol. The minimum Gasteiger partial charge on any atom is -0.361 e. The molecule has 1 N–H and O–H groups in total. The molecule has 1 aromatic carbocycles. The molecule has 0 aliphatic heterocycles. The number of Topliss-reactive ketones (excluding diaryl/α,β-unsaturated/α-hetero) is 1. The van der Waals surface area contributed by atoms with Crippen molar-refractivity contribution in [2.75, 3.05) is 0 Å². The first kappa shape index (κ1) is 11.3. The lowest BCUT2D eigenvalue weighted by Gasteiger charge is -2.16. The van der Waals surface area contributed by atoms with Crippen LogP contribution in [-0.2, 0) is 12.8 Å². The van der Waals surface area contributed by atoms with Crippen molar-refractivity contribution < 1.29 is 4.79 Å². The number of rotatable bonds is 2. The van der Waals surface area contributed by atoms with Crippen LogP contribution in [0.5, 0.6) is 0 Å². The van der Waals surface area contributed by atoms with Gasteiger partial charge >= 0.3 is 0 Å². The largest absolute Gasteiger partial charge is 0.361 e. The first-order valence-electron chi connectivity index (χ1n) is 6.50. The number of hydrogen-bond acceptors (Lipinski definition) is 1. The summed E-state index contributed by atoms with van der Waals surface area (Å²) in [7, 11) is 0. The van der Waals surface area contributed by atoms with Crippen LogP contribution in [0.25, 0.3) is 0 Å². The molecule has 1 aliphatic carbocycles. The molecule has 1 heterocycles. The molecule has 2 heteroatoms. The molecular formula is C16H17NO. The molecule has 0 radical (unpaired) electrons. The third-order valence-electron chi connectivity index (χ3n) is 3.58. The highest BCUT2D eigenvalue weighted by Gasteiger charge is 2.24. The van der Waals surface area contributed by atoms with Gasteiger partial charge in [0.15, 0.2) is 5.78 Å². The molecular weight excluding hydrogens is 222 g/mol. The van der Waals surface area contributed by atoms with E-state index in [4.69, 9.17) is 0 Å². The molecule has 2 aromatic rings. The molecule has 0 bridgehead atoms. The zero-order valence-corrected chi connectivity index (χ0v) is 10.6. The number of fused-ring (bicyclic) bond motifs is 1. The van der Waals surface area contributed by atoms with Crippen LogP contribution in [0.1, 0.15) is 40.7 Å². The first-order chi connectivity index (χ1) is 8.72. The van der Waals surface area contributed by atoms with Crippen molar-refractivity contribution in [1.82, 2.24) is 4.98 Å². The van der Waals surface area contributed by atoms with Gasteiger partial charge < -0.3 is 4.98 Å². The molecule has 1 aromatic heterocycles. The highest BCUT2D eigenvalue weighted by molar-refractivity contribution is 5.98. The van der Waals surface area contributed by atoms with Gasteiger partial charge in [0.2, 0.25) is 0 Å². The third-order valence-corrected chi connectivity index (χ3v) is 3.58. The second-order valence-corrected chi connectivity index (χ2v) is 5.29. The number of nitrogens with one attached hydrogen (secondary N) is 1. The zero-order chi connectivity index (χ0) is 12.5. The molecule has 18 heavy (non-hydrogen) atoms. The van der Waals surface area contributed by atoms with Crippen LogP contribution in [0, 0.1) is 5.92 Å². The Hall–Kier alpha value is -1.83. The number of benzene rings is 1. The van der Waals surface area contributed by atoms with Crippen LogP contribution >= 0.6 is 0 Å². The number of carbonyl (C=O) groups is 1. The van der Waals surface area contributed by atoms with E-state index >= 15 is 0 Å². The summed E-state index contributed by atoms with van der Waals surface area (Å²) in [5, 5.41) is 0. The lowest BCUT2D eigenvalue weighted by molar-refractivity contribution is 0.0953. The van der Waals surface area contributed by atoms with Crippen LogP contribution in [0.3, 0.4) is 0 Å². The fourth-order valence-corrected chi connectivity index (χ4v) is 2.73. The number of carbonyl (C=O) groups excluding carboxylic acids is 1. The zero-order valence-electron chi connectivity index (χ0n) is 10.6. The smallest absolute Gasteiger partial charge is 0.164 e. The van der Waals surface area contributed by atoms with Gasteiger partial charge in [0.1, 0.15) is 0 Å². The van der Waals surface area contributed by atoms with E-state index in [1.807, 2.05) is 24.3 Å². The molecule has 2 nitrogen and oxygen atoms in total. The van der Waals surface area contributed by atoms with Crippen molar-refractivity contribution in [3.05, 3.63) is 58.9 Å². The minimum absolute atomic E-state index is 0.291. The lowest BCUT2D eigenvalue weighted by atomic mass is 9.88. The summed E-state index contributed by atoms with van der Waals surface area (Å²) in [5.74, 6) is 0.757. The highest BCUT2D eigenvalue weighted by Crippen LogP contribution is 2.26. The van der Waals surface area contributed by atoms with Gasteiger partial charge in [-0.1, -0.05) is 37.3 Å². The van der Waals surface area contributed by atoms with Gasteiger partial charge in [0.05, 0.1) is 0 Å². The monoisotopic (exact) mass is 239 g/mol. The Morgan fingerprint density at radius 3 is 2.78 bits per heavy atom. The standard InChI is InChI=1S/C16H17NO/c1-11-7-15-14(16(18)8-11)10-13(17-15)9-12-5-3-2-4-6-12/h2-6,10-11,17H,7-9H2,1H3. The van der Waals surface area contributed by atoms with E-state index in [-0.39, 0.29) is 0 Å². The number of ketones is 1. The summed E-state index contributed by atoms with van der Waals surface area (Å²) in [6, 6.07) is 12.4. The molecule has 0 saturated carbocycles. The highest BCUT2D eigenvalue weighted by atomic mass is 16.1. The molecule has 0 spiro atoms. The van der Waals surface area contributed by atoms with Crippen molar-refractivity contribution in [2.45, 2.75) is 26.2 Å². The molecule has 3 rings (SSSR count). The quantitative estimate of drug-likeness (QED) is 0.856. The van der Waals surface area contributed by atoms with Gasteiger partial charge in [0, 0.05) is 29.8 Å². The predicted octanol–water partition coefficient (Wildman–Crippen LogP) is 3.37. The Morgan fingerprint density at radius 1 is 1.22 bits per heavy atom. The normalized spacial score (nSPS) is 18.7. The topological polar surface area (TPSA) is 32.9 Å². The maximum atomic E-state index is 11.9. The van der Waals surface area contributed by atoms with Crippen LogP contribution in [-0.4, -0.2) is 10.8 Å². The van der Waals surface area contributed by atoms with Gasteiger partial charge in [-0.25, -0.2) is 0 Å². The lowest BCUT2D eigenvalue weighted by Crippen LogP contribution is -2.16. The molecule has 1 atom stereocenters. The van der Waals surface area contributed by atoms with Crippen LogP contribution in [0.15, 0.2) is 36.4 Å². The number of aromatic nitrogens is 1. The number of hydrogen-bond donors (Lipinski definition) is 1. The maximum absolute atomic E-state index is 11.9. The average Bonchev–Trinajstić information content (AvgIpc) is 2.73. The van der Waals surface area contributed by atoms with E-state index in [2.05, 4.69) is 24.0 Å². The molecule has 92 valence electrons. The van der Waals surface area contributed by atoms with Crippen molar-refractivity contribution >= 4 is 5.78 Å². The summed E-state index contributed by atoms with van der Waals surface area (Å²) < 4.78 is 0. The van der Waals surface area contributed by atoms with Crippen molar-refractivity contribution in [1.29, 1.82) is 0 Å². The van der Waals surface area contributed by atoms with E-state index < -0.39 is 0 Å². The van der Waals surface area contributed by atoms with Gasteiger partial charge in [0.25, 0.3) is 0 Å². The van der Waals surface area contributed by atoms with E-state index in [9.17, 15) is 4.79 Å². The van der Waals surface area contributed by atoms with Gasteiger partial charge in [-0.3, -0.25) is 4.79 Å². The Bertz CT molecular complexity index is 568. The van der Waals surface area contributed by atoms with E-state index in [0.29, 0.717) is 18.1 Å². The molecule has 1 unspecified atom stereocenters. The fraction of sp³-hybridized carbons (Fsp3) is 0.312. The first-order valence-corrected chi connectivity index (χ1v) is 6.50. The second kappa shape index (κ2) is 4.45. The van der Waals surface area contributed by atoms with Crippen LogP contribution < -0.4 is 0 Å². The van der Waals surface area contributed by atoms with Gasteiger partial charge in [-0.05, 0) is 24.0 Å². The Kier molecular flexibility index (Phi) is 2.78.